The molecule has 1 aliphatic heterocycles. The minimum Gasteiger partial charge on any atom is -0.444 e. The summed E-state index contributed by atoms with van der Waals surface area (Å²) in [6.07, 6.45) is -6.68. The van der Waals surface area contributed by atoms with Gasteiger partial charge in [0, 0.05) is 13.1 Å². The first-order chi connectivity index (χ1) is 8.99. The summed E-state index contributed by atoms with van der Waals surface area (Å²) in [5, 5.41) is 9.04. The third-order valence-electron chi connectivity index (χ3n) is 3.20. The molecule has 0 aromatic carbocycles. The second-order valence-electron chi connectivity index (χ2n) is 6.20. The van der Waals surface area contributed by atoms with E-state index in [9.17, 15) is 18.0 Å². The third kappa shape index (κ3) is 5.56. The molecule has 1 amide bonds. The van der Waals surface area contributed by atoms with E-state index in [1.165, 1.54) is 4.90 Å². The lowest BCUT2D eigenvalue weighted by atomic mass is 9.91. The second kappa shape index (κ2) is 6.20. The van der Waals surface area contributed by atoms with E-state index in [-0.39, 0.29) is 12.3 Å². The molecule has 1 fully saturated rings. The molecule has 0 unspecified atom stereocenters. The van der Waals surface area contributed by atoms with Gasteiger partial charge in [-0.1, -0.05) is 0 Å². The highest BCUT2D eigenvalue weighted by Crippen LogP contribution is 2.29. The SMILES string of the molecule is CC(C)(C)OC(=O)N1CCC(C[C@H](O)C(F)(F)F)CC1. The van der Waals surface area contributed by atoms with Crippen LogP contribution in [0.4, 0.5) is 18.0 Å². The predicted molar refractivity (Wildman–Crippen MR) is 67.2 cm³/mol. The zero-order chi connectivity index (χ0) is 15.6. The van der Waals surface area contributed by atoms with Crippen molar-refractivity contribution < 1.29 is 27.8 Å². The molecule has 118 valence electrons. The van der Waals surface area contributed by atoms with Crippen LogP contribution >= 0.6 is 0 Å². The lowest BCUT2D eigenvalue weighted by molar-refractivity contribution is -0.209. The van der Waals surface area contributed by atoms with Crippen molar-refractivity contribution in [2.75, 3.05) is 13.1 Å². The summed E-state index contributed by atoms with van der Waals surface area (Å²) in [7, 11) is 0. The van der Waals surface area contributed by atoms with E-state index < -0.39 is 24.0 Å². The van der Waals surface area contributed by atoms with Crippen molar-refractivity contribution in [3.05, 3.63) is 0 Å². The van der Waals surface area contributed by atoms with Gasteiger partial charge in [-0.15, -0.1) is 0 Å². The fourth-order valence-corrected chi connectivity index (χ4v) is 2.13. The molecule has 1 aliphatic rings. The van der Waals surface area contributed by atoms with Crippen LogP contribution in [0.3, 0.4) is 0 Å². The summed E-state index contributed by atoms with van der Waals surface area (Å²) in [5.41, 5.74) is -0.583. The number of ether oxygens (including phenoxy) is 1. The number of carbonyl (C=O) groups excluding carboxylic acids is 1. The highest BCUT2D eigenvalue weighted by atomic mass is 19.4. The molecular weight excluding hydrogens is 275 g/mol. The molecule has 1 atom stereocenters. The van der Waals surface area contributed by atoms with Gasteiger partial charge >= 0.3 is 12.3 Å². The first-order valence-electron chi connectivity index (χ1n) is 6.72. The number of hydrogen-bond acceptors (Lipinski definition) is 3. The van der Waals surface area contributed by atoms with Crippen molar-refractivity contribution in [2.24, 2.45) is 5.92 Å². The fourth-order valence-electron chi connectivity index (χ4n) is 2.13. The highest BCUT2D eigenvalue weighted by molar-refractivity contribution is 5.68. The number of aliphatic hydroxyl groups excluding tert-OH is 1. The fraction of sp³-hybridized carbons (Fsp3) is 0.923. The lowest BCUT2D eigenvalue weighted by Crippen LogP contribution is -2.42. The Bertz CT molecular complexity index is 331. The van der Waals surface area contributed by atoms with Crippen LogP contribution in [0.25, 0.3) is 0 Å². The minimum atomic E-state index is -4.57. The summed E-state index contributed by atoms with van der Waals surface area (Å²) in [4.78, 5) is 13.3. The Morgan fingerprint density at radius 2 is 1.80 bits per heavy atom. The van der Waals surface area contributed by atoms with Crippen molar-refractivity contribution in [3.8, 4) is 0 Å². The van der Waals surface area contributed by atoms with Gasteiger partial charge < -0.3 is 14.7 Å². The van der Waals surface area contributed by atoms with Crippen LogP contribution in [-0.4, -0.2) is 47.1 Å². The monoisotopic (exact) mass is 297 g/mol. The zero-order valence-corrected chi connectivity index (χ0v) is 12.0. The zero-order valence-electron chi connectivity index (χ0n) is 12.0. The van der Waals surface area contributed by atoms with Gasteiger partial charge in [0.15, 0.2) is 0 Å². The van der Waals surface area contributed by atoms with E-state index in [0.29, 0.717) is 25.9 Å². The molecule has 7 heteroatoms. The molecule has 0 aromatic heterocycles. The maximum Gasteiger partial charge on any atom is 0.414 e. The Labute approximate surface area is 116 Å². The summed E-state index contributed by atoms with van der Waals surface area (Å²) in [6, 6.07) is 0. The largest absolute Gasteiger partial charge is 0.444 e. The maximum atomic E-state index is 12.3. The van der Waals surface area contributed by atoms with Gasteiger partial charge in [0.05, 0.1) is 0 Å². The standard InChI is InChI=1S/C13H22F3NO3/c1-12(2,3)20-11(19)17-6-4-9(5-7-17)8-10(18)13(14,15)16/h9-10,18H,4-8H2,1-3H3/t10-/m0/s1. The minimum absolute atomic E-state index is 0.217. The van der Waals surface area contributed by atoms with E-state index in [2.05, 4.69) is 0 Å². The van der Waals surface area contributed by atoms with E-state index in [0.717, 1.165) is 0 Å². The van der Waals surface area contributed by atoms with E-state index >= 15 is 0 Å². The van der Waals surface area contributed by atoms with Crippen molar-refractivity contribution in [2.45, 2.75) is 57.9 Å². The molecule has 0 aromatic rings. The van der Waals surface area contributed by atoms with Crippen LogP contribution < -0.4 is 0 Å². The summed E-state index contributed by atoms with van der Waals surface area (Å²) in [5.74, 6) is -0.217. The van der Waals surface area contributed by atoms with Crippen LogP contribution in [0.15, 0.2) is 0 Å². The maximum absolute atomic E-state index is 12.3. The van der Waals surface area contributed by atoms with Gasteiger partial charge in [0.2, 0.25) is 0 Å². The molecule has 0 spiro atoms. The quantitative estimate of drug-likeness (QED) is 0.852. The molecule has 0 radical (unpaired) electrons. The molecule has 0 bridgehead atoms. The van der Waals surface area contributed by atoms with Crippen LogP contribution in [0.1, 0.15) is 40.0 Å². The lowest BCUT2D eigenvalue weighted by Gasteiger charge is -2.34. The van der Waals surface area contributed by atoms with Crippen molar-refractivity contribution in [3.63, 3.8) is 0 Å². The van der Waals surface area contributed by atoms with Crippen molar-refractivity contribution in [1.29, 1.82) is 0 Å². The number of piperidine rings is 1. The number of carbonyl (C=O) groups is 1. The van der Waals surface area contributed by atoms with Crippen LogP contribution in [-0.2, 0) is 4.74 Å². The van der Waals surface area contributed by atoms with E-state index in [1.54, 1.807) is 20.8 Å². The number of nitrogens with zero attached hydrogens (tertiary/aromatic N) is 1. The average molecular weight is 297 g/mol. The Morgan fingerprint density at radius 1 is 1.30 bits per heavy atom. The molecule has 20 heavy (non-hydrogen) atoms. The van der Waals surface area contributed by atoms with Gasteiger partial charge in [-0.05, 0) is 46.0 Å². The van der Waals surface area contributed by atoms with Crippen molar-refractivity contribution in [1.82, 2.24) is 4.90 Å². The highest BCUT2D eigenvalue weighted by Gasteiger charge is 2.40. The Morgan fingerprint density at radius 3 is 2.20 bits per heavy atom. The Kier molecular flexibility index (Phi) is 5.29. The molecule has 1 heterocycles. The average Bonchev–Trinajstić information content (AvgIpc) is 2.26. The molecule has 1 rings (SSSR count). The number of amides is 1. The Balaban J connectivity index is 2.39. The molecule has 4 nitrogen and oxygen atoms in total. The molecule has 0 aliphatic carbocycles. The number of rotatable bonds is 2. The molecule has 0 saturated carbocycles. The Hall–Kier alpha value is -0.980. The molecular formula is C13H22F3NO3. The summed E-state index contributed by atoms with van der Waals surface area (Å²) < 4.78 is 42.0. The van der Waals surface area contributed by atoms with E-state index in [4.69, 9.17) is 9.84 Å². The number of halogens is 3. The van der Waals surface area contributed by atoms with Gasteiger partial charge in [-0.2, -0.15) is 13.2 Å². The first-order valence-corrected chi connectivity index (χ1v) is 6.72. The number of alkyl halides is 3. The van der Waals surface area contributed by atoms with Gasteiger partial charge in [-0.25, -0.2) is 4.79 Å². The second-order valence-corrected chi connectivity index (χ2v) is 6.20. The topological polar surface area (TPSA) is 49.8 Å². The first kappa shape index (κ1) is 17.1. The molecule has 1 saturated heterocycles. The summed E-state index contributed by atoms with van der Waals surface area (Å²) in [6.45, 7) is 6.01. The smallest absolute Gasteiger partial charge is 0.414 e. The normalized spacial score (nSPS) is 19.9. The molecule has 1 N–H and O–H groups in total. The summed E-state index contributed by atoms with van der Waals surface area (Å²) >= 11 is 0. The number of aliphatic hydroxyl groups is 1. The van der Waals surface area contributed by atoms with Crippen LogP contribution in [0.5, 0.6) is 0 Å². The van der Waals surface area contributed by atoms with Crippen LogP contribution in [0, 0.1) is 5.92 Å². The van der Waals surface area contributed by atoms with Gasteiger partial charge in [0.25, 0.3) is 0 Å². The van der Waals surface area contributed by atoms with Gasteiger partial charge in [-0.3, -0.25) is 0 Å². The van der Waals surface area contributed by atoms with E-state index in [1.807, 2.05) is 0 Å². The van der Waals surface area contributed by atoms with Crippen molar-refractivity contribution >= 4 is 6.09 Å². The van der Waals surface area contributed by atoms with Gasteiger partial charge in [0.1, 0.15) is 11.7 Å². The number of likely N-dealkylation sites (tertiary alicyclic amines) is 1. The number of hydrogen-bond donors (Lipinski definition) is 1. The van der Waals surface area contributed by atoms with Crippen LogP contribution in [0.2, 0.25) is 0 Å². The third-order valence-corrected chi connectivity index (χ3v) is 3.20. The predicted octanol–water partition coefficient (Wildman–Crippen LogP) is 2.95.